The highest BCUT2D eigenvalue weighted by Crippen LogP contribution is 2.44. The first-order chi connectivity index (χ1) is 18.4. The Kier molecular flexibility index (Phi) is 7.46. The standard InChI is InChI=1S/C29H28ClN5O2S/c1-18-16-22(19(2)34(18)25-10-5-4-8-23(25)30)28-27(24-9-6-7-15-31-24)33-29(38)35(28)21-13-11-20(12-14-21)32-26(36)17-37-3/h4-16,27-28H,17H2,1-3H3,(H,32,36)(H,33,38)/t27-,28+/m0/s1. The predicted octanol–water partition coefficient (Wildman–Crippen LogP) is 5.90. The number of aromatic nitrogens is 2. The number of benzene rings is 2. The van der Waals surface area contributed by atoms with Gasteiger partial charge in [-0.3, -0.25) is 9.78 Å². The van der Waals surface area contributed by atoms with Crippen LogP contribution >= 0.6 is 23.8 Å². The summed E-state index contributed by atoms with van der Waals surface area (Å²) in [5, 5.41) is 7.63. The molecule has 7 nitrogen and oxygen atoms in total. The van der Waals surface area contributed by atoms with Crippen molar-refractivity contribution in [3.63, 3.8) is 0 Å². The number of nitrogens with one attached hydrogen (secondary N) is 2. The number of carbonyl (C=O) groups excluding carboxylic acids is 1. The van der Waals surface area contributed by atoms with Gasteiger partial charge in [0.1, 0.15) is 6.61 Å². The summed E-state index contributed by atoms with van der Waals surface area (Å²) in [6.45, 7) is 4.18. The van der Waals surface area contributed by atoms with Crippen molar-refractivity contribution < 1.29 is 9.53 Å². The molecule has 1 amide bonds. The van der Waals surface area contributed by atoms with Gasteiger partial charge in [0.05, 0.1) is 28.5 Å². The second kappa shape index (κ2) is 10.9. The minimum absolute atomic E-state index is 0.00321. The quantitative estimate of drug-likeness (QED) is 0.282. The number of hydrogen-bond acceptors (Lipinski definition) is 4. The number of para-hydroxylation sites is 1. The number of carbonyl (C=O) groups is 1. The Bertz CT molecular complexity index is 1470. The molecule has 5 rings (SSSR count). The lowest BCUT2D eigenvalue weighted by Crippen LogP contribution is -2.29. The van der Waals surface area contributed by atoms with Crippen LogP contribution in [0.25, 0.3) is 5.69 Å². The number of ether oxygens (including phenoxy) is 1. The molecular formula is C29H28ClN5O2S. The van der Waals surface area contributed by atoms with Gasteiger partial charge in [-0.15, -0.1) is 0 Å². The molecule has 2 N–H and O–H groups in total. The van der Waals surface area contributed by atoms with E-state index in [1.165, 1.54) is 7.11 Å². The van der Waals surface area contributed by atoms with Gasteiger partial charge >= 0.3 is 0 Å². The number of thiocarbonyl (C=S) groups is 1. The molecule has 0 radical (unpaired) electrons. The van der Waals surface area contributed by atoms with Gasteiger partial charge < -0.3 is 24.8 Å². The summed E-state index contributed by atoms with van der Waals surface area (Å²) in [4.78, 5) is 18.7. The van der Waals surface area contributed by atoms with Crippen LogP contribution in [-0.2, 0) is 9.53 Å². The number of pyridine rings is 1. The zero-order valence-corrected chi connectivity index (χ0v) is 22.9. The van der Waals surface area contributed by atoms with Crippen LogP contribution < -0.4 is 15.5 Å². The maximum absolute atomic E-state index is 12.0. The average molecular weight is 546 g/mol. The molecule has 9 heteroatoms. The maximum atomic E-state index is 12.0. The molecule has 1 fully saturated rings. The van der Waals surface area contributed by atoms with E-state index >= 15 is 0 Å². The van der Waals surface area contributed by atoms with Gasteiger partial charge in [0.25, 0.3) is 0 Å². The lowest BCUT2D eigenvalue weighted by Gasteiger charge is -2.28. The largest absolute Gasteiger partial charge is 0.375 e. The maximum Gasteiger partial charge on any atom is 0.250 e. The van der Waals surface area contributed by atoms with Gasteiger partial charge in [-0.05, 0) is 86.2 Å². The number of amides is 1. The van der Waals surface area contributed by atoms with Crippen molar-refractivity contribution in [3.05, 3.63) is 107 Å². The van der Waals surface area contributed by atoms with Crippen molar-refractivity contribution in [2.24, 2.45) is 0 Å². The van der Waals surface area contributed by atoms with E-state index in [4.69, 9.17) is 28.6 Å². The predicted molar refractivity (Wildman–Crippen MR) is 155 cm³/mol. The number of methoxy groups -OCH3 is 1. The highest BCUT2D eigenvalue weighted by Gasteiger charge is 2.42. The van der Waals surface area contributed by atoms with Crippen LogP contribution in [0.1, 0.15) is 34.7 Å². The van der Waals surface area contributed by atoms with Gasteiger partial charge in [0.2, 0.25) is 5.91 Å². The lowest BCUT2D eigenvalue weighted by atomic mass is 9.96. The number of aryl methyl sites for hydroxylation is 1. The van der Waals surface area contributed by atoms with Crippen molar-refractivity contribution in [1.29, 1.82) is 0 Å². The number of anilines is 2. The van der Waals surface area contributed by atoms with Gasteiger partial charge in [-0.25, -0.2) is 0 Å². The van der Waals surface area contributed by atoms with Gasteiger partial charge in [0.15, 0.2) is 5.11 Å². The van der Waals surface area contributed by atoms with Crippen LogP contribution in [0, 0.1) is 13.8 Å². The van der Waals surface area contributed by atoms with Crippen LogP contribution in [0.5, 0.6) is 0 Å². The first-order valence-electron chi connectivity index (χ1n) is 12.2. The minimum atomic E-state index is -0.210. The normalized spacial score (nSPS) is 16.9. The smallest absolute Gasteiger partial charge is 0.250 e. The minimum Gasteiger partial charge on any atom is -0.375 e. The second-order valence-electron chi connectivity index (χ2n) is 9.14. The molecule has 0 spiro atoms. The average Bonchev–Trinajstić information content (AvgIpc) is 3.40. The molecule has 1 aliphatic rings. The summed E-state index contributed by atoms with van der Waals surface area (Å²) in [6.07, 6.45) is 1.80. The van der Waals surface area contributed by atoms with Gasteiger partial charge in [-0.2, -0.15) is 0 Å². The molecule has 194 valence electrons. The highest BCUT2D eigenvalue weighted by atomic mass is 35.5. The fourth-order valence-electron chi connectivity index (χ4n) is 5.07. The Morgan fingerprint density at radius 1 is 1.11 bits per heavy atom. The fraction of sp³-hybridized carbons (Fsp3) is 0.207. The van der Waals surface area contributed by atoms with E-state index in [0.29, 0.717) is 15.8 Å². The Labute approximate surface area is 232 Å². The van der Waals surface area contributed by atoms with Gasteiger partial charge in [0, 0.05) is 36.1 Å². The lowest BCUT2D eigenvalue weighted by molar-refractivity contribution is -0.119. The Balaban J connectivity index is 1.59. The Hall–Kier alpha value is -3.72. The summed E-state index contributed by atoms with van der Waals surface area (Å²) in [5.41, 5.74) is 6.67. The number of rotatable bonds is 7. The van der Waals surface area contributed by atoms with Crippen LogP contribution in [0.2, 0.25) is 5.02 Å². The molecule has 38 heavy (non-hydrogen) atoms. The van der Waals surface area contributed by atoms with Crippen molar-refractivity contribution in [3.8, 4) is 5.69 Å². The molecule has 3 heterocycles. The molecule has 0 bridgehead atoms. The molecule has 2 atom stereocenters. The van der Waals surface area contributed by atoms with Crippen LogP contribution in [0.15, 0.2) is 79.0 Å². The van der Waals surface area contributed by atoms with Crippen LogP contribution in [-0.4, -0.2) is 34.3 Å². The number of nitrogens with zero attached hydrogens (tertiary/aromatic N) is 3. The zero-order valence-electron chi connectivity index (χ0n) is 21.3. The molecule has 1 saturated heterocycles. The first kappa shape index (κ1) is 25.9. The van der Waals surface area contributed by atoms with E-state index in [0.717, 1.165) is 34.0 Å². The van der Waals surface area contributed by atoms with Crippen molar-refractivity contribution in [2.75, 3.05) is 23.9 Å². The third-order valence-electron chi connectivity index (χ3n) is 6.69. The summed E-state index contributed by atoms with van der Waals surface area (Å²) >= 11 is 12.5. The zero-order chi connectivity index (χ0) is 26.8. The first-order valence-corrected chi connectivity index (χ1v) is 13.0. The van der Waals surface area contributed by atoms with E-state index in [9.17, 15) is 4.79 Å². The van der Waals surface area contributed by atoms with Crippen molar-refractivity contribution in [1.82, 2.24) is 14.9 Å². The Morgan fingerprint density at radius 2 is 1.84 bits per heavy atom. The third kappa shape index (κ3) is 4.90. The van der Waals surface area contributed by atoms with Crippen molar-refractivity contribution >= 4 is 46.2 Å². The van der Waals surface area contributed by atoms with Gasteiger partial charge in [-0.1, -0.05) is 29.8 Å². The molecule has 4 aromatic rings. The highest BCUT2D eigenvalue weighted by molar-refractivity contribution is 7.80. The monoisotopic (exact) mass is 545 g/mol. The topological polar surface area (TPSA) is 71.4 Å². The SMILES string of the molecule is COCC(=O)Nc1ccc(N2C(=S)N[C@@H](c3ccccn3)[C@H]2c2cc(C)n(-c3ccccc3Cl)c2C)cc1. The molecule has 0 unspecified atom stereocenters. The van der Waals surface area contributed by atoms with E-state index in [2.05, 4.69) is 45.0 Å². The summed E-state index contributed by atoms with van der Waals surface area (Å²) in [7, 11) is 1.49. The van der Waals surface area contributed by atoms with E-state index < -0.39 is 0 Å². The number of halogens is 1. The molecule has 1 aliphatic heterocycles. The summed E-state index contributed by atoms with van der Waals surface area (Å²) in [6, 6.07) is 23.2. The fourth-order valence-corrected chi connectivity index (χ4v) is 5.64. The van der Waals surface area contributed by atoms with E-state index in [1.54, 1.807) is 6.20 Å². The van der Waals surface area contributed by atoms with Crippen LogP contribution in [0.3, 0.4) is 0 Å². The Morgan fingerprint density at radius 3 is 2.53 bits per heavy atom. The molecular weight excluding hydrogens is 518 g/mol. The van der Waals surface area contributed by atoms with E-state index in [-0.39, 0.29) is 24.6 Å². The van der Waals surface area contributed by atoms with E-state index in [1.807, 2.05) is 66.7 Å². The van der Waals surface area contributed by atoms with Crippen LogP contribution in [0.4, 0.5) is 11.4 Å². The second-order valence-corrected chi connectivity index (χ2v) is 9.93. The molecule has 2 aromatic carbocycles. The third-order valence-corrected chi connectivity index (χ3v) is 7.32. The molecule has 0 aliphatic carbocycles. The molecule has 2 aromatic heterocycles. The summed E-state index contributed by atoms with van der Waals surface area (Å²) in [5.74, 6) is -0.210. The molecule has 0 saturated carbocycles. The summed E-state index contributed by atoms with van der Waals surface area (Å²) < 4.78 is 7.09. The number of hydrogen-bond donors (Lipinski definition) is 2. The van der Waals surface area contributed by atoms with Crippen molar-refractivity contribution in [2.45, 2.75) is 25.9 Å².